The van der Waals surface area contributed by atoms with Gasteiger partial charge in [0.1, 0.15) is 5.84 Å². The second-order valence-electron chi connectivity index (χ2n) is 4.16. The third-order valence-electron chi connectivity index (χ3n) is 2.64. The van der Waals surface area contributed by atoms with Gasteiger partial charge in [-0.1, -0.05) is 12.7 Å². The van der Waals surface area contributed by atoms with E-state index in [1.54, 1.807) is 19.3 Å². The van der Waals surface area contributed by atoms with Crippen molar-refractivity contribution in [2.45, 2.75) is 19.8 Å². The number of allylic oxidation sites excluding steroid dienone is 1. The van der Waals surface area contributed by atoms with E-state index in [-0.39, 0.29) is 0 Å². The van der Waals surface area contributed by atoms with Gasteiger partial charge in [0.15, 0.2) is 0 Å². The van der Waals surface area contributed by atoms with Gasteiger partial charge in [0, 0.05) is 20.0 Å². The molecule has 0 aromatic heterocycles. The van der Waals surface area contributed by atoms with Gasteiger partial charge < -0.3 is 4.90 Å². The quantitative estimate of drug-likeness (QED) is 0.211. The van der Waals surface area contributed by atoms with E-state index < -0.39 is 0 Å². The molecule has 4 nitrogen and oxygen atoms in total. The molecule has 0 aliphatic carbocycles. The largest absolute Gasteiger partial charge is 0.332 e. The minimum atomic E-state index is 0.488. The Morgan fingerprint density at radius 2 is 2.14 bits per heavy atom. The molecule has 0 spiro atoms. The zero-order chi connectivity index (χ0) is 15.9. The van der Waals surface area contributed by atoms with Gasteiger partial charge in [-0.25, -0.2) is 4.99 Å². The van der Waals surface area contributed by atoms with Gasteiger partial charge in [-0.2, -0.15) is 0 Å². The summed E-state index contributed by atoms with van der Waals surface area (Å²) >= 11 is 0. The van der Waals surface area contributed by atoms with E-state index in [1.165, 1.54) is 0 Å². The first-order valence-electron chi connectivity index (χ1n) is 6.82. The van der Waals surface area contributed by atoms with Crippen LogP contribution in [0.2, 0.25) is 0 Å². The van der Waals surface area contributed by atoms with Gasteiger partial charge in [-0.15, -0.1) is 18.9 Å². The van der Waals surface area contributed by atoms with Gasteiger partial charge >= 0.3 is 0 Å². The summed E-state index contributed by atoms with van der Waals surface area (Å²) in [6.07, 6.45) is 11.9. The Morgan fingerprint density at radius 3 is 2.71 bits per heavy atom. The van der Waals surface area contributed by atoms with Crippen molar-refractivity contribution in [3.8, 4) is 12.3 Å². The Kier molecular flexibility index (Phi) is 11.2. The molecule has 0 atom stereocenters. The molecule has 0 aliphatic rings. The third-order valence-corrected chi connectivity index (χ3v) is 2.64. The van der Waals surface area contributed by atoms with Crippen LogP contribution in [0.25, 0.3) is 0 Å². The molecule has 0 aromatic rings. The number of amidine groups is 1. The molecule has 0 aliphatic heterocycles. The molecule has 0 rings (SSSR count). The lowest BCUT2D eigenvalue weighted by molar-refractivity contribution is 0.629. The average molecular weight is 284 g/mol. The molecule has 0 unspecified atom stereocenters. The molecule has 21 heavy (non-hydrogen) atoms. The summed E-state index contributed by atoms with van der Waals surface area (Å²) in [4.78, 5) is 14.8. The summed E-state index contributed by atoms with van der Waals surface area (Å²) in [5.41, 5.74) is 0.926. The van der Waals surface area contributed by atoms with Crippen LogP contribution in [0.5, 0.6) is 0 Å². The van der Waals surface area contributed by atoms with Crippen molar-refractivity contribution in [1.29, 1.82) is 0 Å². The van der Waals surface area contributed by atoms with E-state index in [1.807, 2.05) is 17.9 Å². The number of nitrogens with zero attached hydrogens (tertiary/aromatic N) is 4. The molecule has 0 heterocycles. The maximum absolute atomic E-state index is 5.14. The fraction of sp³-hybridized carbons (Fsp3) is 0.412. The summed E-state index contributed by atoms with van der Waals surface area (Å²) in [5.74, 6) is 6.21. The Bertz CT molecular complexity index is 485. The molecule has 0 saturated heterocycles. The van der Waals surface area contributed by atoms with Crippen LogP contribution in [-0.4, -0.2) is 49.0 Å². The SMILES string of the molecule is C#CCC=C=NC/C(CN(C=C)/C(C)=N\CCC=C)=N\C. The Morgan fingerprint density at radius 1 is 1.38 bits per heavy atom. The lowest BCUT2D eigenvalue weighted by Crippen LogP contribution is -2.30. The van der Waals surface area contributed by atoms with E-state index in [2.05, 4.69) is 39.9 Å². The Balaban J connectivity index is 4.59. The van der Waals surface area contributed by atoms with Crippen LogP contribution < -0.4 is 0 Å². The number of rotatable bonds is 9. The van der Waals surface area contributed by atoms with Crippen molar-refractivity contribution >= 4 is 17.4 Å². The number of hydrogen-bond acceptors (Lipinski definition) is 3. The Labute approximate surface area is 128 Å². The third kappa shape index (κ3) is 9.21. The van der Waals surface area contributed by atoms with Crippen molar-refractivity contribution in [3.63, 3.8) is 0 Å². The zero-order valence-corrected chi connectivity index (χ0v) is 13.0. The van der Waals surface area contributed by atoms with Gasteiger partial charge in [0.25, 0.3) is 0 Å². The van der Waals surface area contributed by atoms with Crippen LogP contribution in [0.1, 0.15) is 19.8 Å². The first-order valence-corrected chi connectivity index (χ1v) is 6.82. The molecule has 0 radical (unpaired) electrons. The lowest BCUT2D eigenvalue weighted by Gasteiger charge is -2.19. The van der Waals surface area contributed by atoms with Crippen molar-refractivity contribution in [1.82, 2.24) is 4.90 Å². The first kappa shape index (κ1) is 18.6. The van der Waals surface area contributed by atoms with Crippen molar-refractivity contribution < 1.29 is 0 Å². The van der Waals surface area contributed by atoms with Crippen molar-refractivity contribution in [2.24, 2.45) is 15.0 Å². The number of hydrogen-bond donors (Lipinski definition) is 0. The van der Waals surface area contributed by atoms with Crippen LogP contribution in [0, 0.1) is 12.3 Å². The highest BCUT2D eigenvalue weighted by Gasteiger charge is 2.06. The molecule has 0 amide bonds. The topological polar surface area (TPSA) is 40.3 Å². The fourth-order valence-corrected chi connectivity index (χ4v) is 1.41. The lowest BCUT2D eigenvalue weighted by atomic mass is 10.3. The Hall–Kier alpha value is -2.37. The van der Waals surface area contributed by atoms with Crippen molar-refractivity contribution in [3.05, 3.63) is 31.5 Å². The molecule has 0 fully saturated rings. The summed E-state index contributed by atoms with van der Waals surface area (Å²) in [6, 6.07) is 0. The van der Waals surface area contributed by atoms with Gasteiger partial charge in [-0.3, -0.25) is 9.98 Å². The molecular weight excluding hydrogens is 260 g/mol. The molecule has 0 N–H and O–H groups in total. The molecule has 0 saturated carbocycles. The maximum Gasteiger partial charge on any atom is 0.100 e. The summed E-state index contributed by atoms with van der Waals surface area (Å²) in [7, 11) is 1.75. The molecular formula is C17H24N4. The van der Waals surface area contributed by atoms with Crippen LogP contribution in [0.3, 0.4) is 0 Å². The minimum Gasteiger partial charge on any atom is -0.332 e. The summed E-state index contributed by atoms with van der Waals surface area (Å²) in [5, 5.41) is 0. The molecule has 0 aromatic carbocycles. The second-order valence-corrected chi connectivity index (χ2v) is 4.16. The standard InChI is InChI=1S/C17H24N4/c1-6-9-11-12-19-14-17(18-5)15-21(8-3)16(4)20-13-10-7-2/h1,7-8,11H,2-3,9-10,13-15H2,4-5H3/b18-17+,20-16-. The predicted molar refractivity (Wildman–Crippen MR) is 93.4 cm³/mol. The van der Waals surface area contributed by atoms with E-state index in [4.69, 9.17) is 6.42 Å². The smallest absolute Gasteiger partial charge is 0.100 e. The van der Waals surface area contributed by atoms with Gasteiger partial charge in [0.2, 0.25) is 0 Å². The van der Waals surface area contributed by atoms with Crippen LogP contribution >= 0.6 is 0 Å². The monoisotopic (exact) mass is 284 g/mol. The summed E-state index contributed by atoms with van der Waals surface area (Å²) < 4.78 is 0. The van der Waals surface area contributed by atoms with Crippen molar-refractivity contribution in [2.75, 3.05) is 26.7 Å². The second kappa shape index (κ2) is 12.7. The van der Waals surface area contributed by atoms with Gasteiger partial charge in [0.05, 0.1) is 18.8 Å². The number of aliphatic imine (C=N–C) groups is 3. The van der Waals surface area contributed by atoms with E-state index in [9.17, 15) is 0 Å². The van der Waals surface area contributed by atoms with Crippen LogP contribution in [0.15, 0.2) is 46.5 Å². The molecule has 4 heteroatoms. The number of terminal acetylenes is 1. The molecule has 0 bridgehead atoms. The average Bonchev–Trinajstić information content (AvgIpc) is 2.50. The van der Waals surface area contributed by atoms with Crippen LogP contribution in [-0.2, 0) is 0 Å². The zero-order valence-electron chi connectivity index (χ0n) is 13.0. The first-order chi connectivity index (χ1) is 10.2. The predicted octanol–water partition coefficient (Wildman–Crippen LogP) is 2.75. The fourth-order valence-electron chi connectivity index (χ4n) is 1.41. The normalized spacial score (nSPS) is 11.1. The summed E-state index contributed by atoms with van der Waals surface area (Å²) in [6.45, 7) is 11.3. The highest BCUT2D eigenvalue weighted by atomic mass is 15.2. The minimum absolute atomic E-state index is 0.488. The van der Waals surface area contributed by atoms with E-state index in [0.717, 1.165) is 24.5 Å². The maximum atomic E-state index is 5.14. The van der Waals surface area contributed by atoms with E-state index in [0.29, 0.717) is 19.5 Å². The highest BCUT2D eigenvalue weighted by Crippen LogP contribution is 1.96. The van der Waals surface area contributed by atoms with Gasteiger partial charge in [-0.05, 0) is 31.5 Å². The van der Waals surface area contributed by atoms with E-state index >= 15 is 0 Å². The highest BCUT2D eigenvalue weighted by molar-refractivity contribution is 5.93. The van der Waals surface area contributed by atoms with Crippen LogP contribution in [0.4, 0.5) is 0 Å². The molecule has 112 valence electrons.